The van der Waals surface area contributed by atoms with Gasteiger partial charge < -0.3 is 10.1 Å². The Morgan fingerprint density at radius 1 is 1.25 bits per heavy atom. The molecule has 0 aromatic carbocycles. The van der Waals surface area contributed by atoms with Crippen molar-refractivity contribution >= 4 is 0 Å². The summed E-state index contributed by atoms with van der Waals surface area (Å²) in [6.45, 7) is 11.2. The van der Waals surface area contributed by atoms with Crippen LogP contribution >= 0.6 is 0 Å². The van der Waals surface area contributed by atoms with Gasteiger partial charge in [0.15, 0.2) is 0 Å². The molecule has 2 rings (SSSR count). The van der Waals surface area contributed by atoms with E-state index in [1.807, 2.05) is 0 Å². The number of piperidine rings is 1. The molecule has 0 aromatic heterocycles. The lowest BCUT2D eigenvalue weighted by Crippen LogP contribution is -2.42. The van der Waals surface area contributed by atoms with Crippen molar-refractivity contribution in [2.75, 3.05) is 39.4 Å². The highest BCUT2D eigenvalue weighted by molar-refractivity contribution is 4.87. The van der Waals surface area contributed by atoms with E-state index in [1.165, 1.54) is 39.0 Å². The van der Waals surface area contributed by atoms with Gasteiger partial charge in [0, 0.05) is 25.7 Å². The molecule has 16 heavy (non-hydrogen) atoms. The fraction of sp³-hybridized carbons (Fsp3) is 1.00. The number of rotatable bonds is 4. The zero-order valence-corrected chi connectivity index (χ0v) is 10.7. The highest BCUT2D eigenvalue weighted by Crippen LogP contribution is 2.27. The van der Waals surface area contributed by atoms with Crippen LogP contribution in [0.5, 0.6) is 0 Å². The Balaban J connectivity index is 1.80. The summed E-state index contributed by atoms with van der Waals surface area (Å²) in [4.78, 5) is 2.70. The van der Waals surface area contributed by atoms with Crippen LogP contribution < -0.4 is 5.32 Å². The lowest BCUT2D eigenvalue weighted by atomic mass is 9.99. The van der Waals surface area contributed by atoms with E-state index in [9.17, 15) is 0 Å². The van der Waals surface area contributed by atoms with E-state index in [0.29, 0.717) is 0 Å². The van der Waals surface area contributed by atoms with Crippen molar-refractivity contribution in [1.29, 1.82) is 0 Å². The van der Waals surface area contributed by atoms with E-state index >= 15 is 0 Å². The third kappa shape index (κ3) is 2.96. The van der Waals surface area contributed by atoms with Gasteiger partial charge in [-0.05, 0) is 44.7 Å². The topological polar surface area (TPSA) is 24.5 Å². The molecule has 2 aliphatic heterocycles. The maximum atomic E-state index is 5.58. The molecule has 0 saturated carbocycles. The molecule has 94 valence electrons. The SMILES string of the molecule is CCOC[C@@H]1CN(C2CCNCC2)C[C@@H]1C. The van der Waals surface area contributed by atoms with Gasteiger partial charge >= 0.3 is 0 Å². The second kappa shape index (κ2) is 5.99. The molecule has 2 saturated heterocycles. The summed E-state index contributed by atoms with van der Waals surface area (Å²) in [6, 6.07) is 0.829. The molecular formula is C13H26N2O. The van der Waals surface area contributed by atoms with Crippen molar-refractivity contribution in [3.63, 3.8) is 0 Å². The minimum absolute atomic E-state index is 0.759. The van der Waals surface area contributed by atoms with E-state index in [-0.39, 0.29) is 0 Å². The fourth-order valence-corrected chi connectivity index (χ4v) is 3.03. The summed E-state index contributed by atoms with van der Waals surface area (Å²) in [5.41, 5.74) is 0. The van der Waals surface area contributed by atoms with Crippen LogP contribution in [0.2, 0.25) is 0 Å². The van der Waals surface area contributed by atoms with Crippen LogP contribution in [0.1, 0.15) is 26.7 Å². The molecule has 0 unspecified atom stereocenters. The van der Waals surface area contributed by atoms with Crippen molar-refractivity contribution in [2.24, 2.45) is 11.8 Å². The van der Waals surface area contributed by atoms with E-state index in [4.69, 9.17) is 4.74 Å². The van der Waals surface area contributed by atoms with Crippen LogP contribution in [0.3, 0.4) is 0 Å². The van der Waals surface area contributed by atoms with Crippen LogP contribution in [0, 0.1) is 11.8 Å². The minimum atomic E-state index is 0.759. The van der Waals surface area contributed by atoms with Gasteiger partial charge in [-0.15, -0.1) is 0 Å². The molecule has 2 heterocycles. The van der Waals surface area contributed by atoms with Crippen LogP contribution in [0.15, 0.2) is 0 Å². The van der Waals surface area contributed by atoms with Gasteiger partial charge in [0.25, 0.3) is 0 Å². The van der Waals surface area contributed by atoms with Gasteiger partial charge in [-0.2, -0.15) is 0 Å². The number of ether oxygens (including phenoxy) is 1. The Kier molecular flexibility index (Phi) is 4.62. The maximum absolute atomic E-state index is 5.58. The first-order valence-corrected chi connectivity index (χ1v) is 6.83. The monoisotopic (exact) mass is 226 g/mol. The van der Waals surface area contributed by atoms with Gasteiger partial charge in [-0.1, -0.05) is 6.92 Å². The van der Waals surface area contributed by atoms with E-state index in [1.54, 1.807) is 0 Å². The van der Waals surface area contributed by atoms with Crippen LogP contribution in [0.4, 0.5) is 0 Å². The quantitative estimate of drug-likeness (QED) is 0.783. The van der Waals surface area contributed by atoms with Crippen molar-refractivity contribution in [1.82, 2.24) is 10.2 Å². The fourth-order valence-electron chi connectivity index (χ4n) is 3.03. The van der Waals surface area contributed by atoms with Gasteiger partial charge in [-0.25, -0.2) is 0 Å². The number of nitrogens with zero attached hydrogens (tertiary/aromatic N) is 1. The molecule has 0 spiro atoms. The predicted octanol–water partition coefficient (Wildman–Crippen LogP) is 1.34. The summed E-state index contributed by atoms with van der Waals surface area (Å²) in [6.07, 6.45) is 2.65. The molecule has 2 aliphatic rings. The summed E-state index contributed by atoms with van der Waals surface area (Å²) in [5.74, 6) is 1.57. The normalized spacial score (nSPS) is 33.4. The Hall–Kier alpha value is -0.120. The number of likely N-dealkylation sites (tertiary alicyclic amines) is 1. The highest BCUT2D eigenvalue weighted by atomic mass is 16.5. The van der Waals surface area contributed by atoms with Gasteiger partial charge in [0.2, 0.25) is 0 Å². The Morgan fingerprint density at radius 2 is 2.00 bits per heavy atom. The number of hydrogen-bond donors (Lipinski definition) is 1. The average molecular weight is 226 g/mol. The first-order chi connectivity index (χ1) is 7.81. The second-order valence-corrected chi connectivity index (χ2v) is 5.33. The highest BCUT2D eigenvalue weighted by Gasteiger charge is 2.33. The Morgan fingerprint density at radius 3 is 2.69 bits per heavy atom. The summed E-state index contributed by atoms with van der Waals surface area (Å²) >= 11 is 0. The minimum Gasteiger partial charge on any atom is -0.381 e. The van der Waals surface area contributed by atoms with E-state index < -0.39 is 0 Å². The maximum Gasteiger partial charge on any atom is 0.0509 e. The molecule has 0 aromatic rings. The molecule has 0 bridgehead atoms. The molecule has 1 N–H and O–H groups in total. The Labute approximate surface area is 99.5 Å². The Bertz CT molecular complexity index is 204. The van der Waals surface area contributed by atoms with Crippen molar-refractivity contribution in [2.45, 2.75) is 32.7 Å². The molecule has 2 atom stereocenters. The molecule has 3 heteroatoms. The third-order valence-corrected chi connectivity index (χ3v) is 4.16. The standard InChI is InChI=1S/C13H26N2O/c1-3-16-10-12-9-15(8-11(12)2)13-4-6-14-7-5-13/h11-14H,3-10H2,1-2H3/t11-,12-/m0/s1. The predicted molar refractivity (Wildman–Crippen MR) is 66.6 cm³/mol. The molecule has 0 radical (unpaired) electrons. The first-order valence-electron chi connectivity index (χ1n) is 6.83. The zero-order valence-electron chi connectivity index (χ0n) is 10.7. The molecular weight excluding hydrogens is 200 g/mol. The molecule has 0 amide bonds. The summed E-state index contributed by atoms with van der Waals surface area (Å²) < 4.78 is 5.58. The number of nitrogens with one attached hydrogen (secondary N) is 1. The van der Waals surface area contributed by atoms with Gasteiger partial charge in [-0.3, -0.25) is 4.90 Å². The zero-order chi connectivity index (χ0) is 11.4. The van der Waals surface area contributed by atoms with E-state index in [2.05, 4.69) is 24.1 Å². The largest absolute Gasteiger partial charge is 0.381 e. The van der Waals surface area contributed by atoms with Crippen molar-refractivity contribution in [3.8, 4) is 0 Å². The van der Waals surface area contributed by atoms with Crippen LogP contribution in [-0.2, 0) is 4.74 Å². The summed E-state index contributed by atoms with van der Waals surface area (Å²) in [5, 5.41) is 3.44. The third-order valence-electron chi connectivity index (χ3n) is 4.16. The van der Waals surface area contributed by atoms with Crippen molar-refractivity contribution < 1.29 is 4.74 Å². The van der Waals surface area contributed by atoms with Gasteiger partial charge in [0.1, 0.15) is 0 Å². The molecule has 0 aliphatic carbocycles. The average Bonchev–Trinajstić information content (AvgIpc) is 2.69. The smallest absolute Gasteiger partial charge is 0.0509 e. The molecule has 3 nitrogen and oxygen atoms in total. The second-order valence-electron chi connectivity index (χ2n) is 5.33. The lowest BCUT2D eigenvalue weighted by molar-refractivity contribution is 0.0983. The van der Waals surface area contributed by atoms with Gasteiger partial charge in [0.05, 0.1) is 6.61 Å². The van der Waals surface area contributed by atoms with E-state index in [0.717, 1.165) is 31.1 Å². The number of hydrogen-bond acceptors (Lipinski definition) is 3. The first kappa shape index (κ1) is 12.3. The van der Waals surface area contributed by atoms with Crippen LogP contribution in [-0.4, -0.2) is 50.3 Å². The lowest BCUT2D eigenvalue weighted by Gasteiger charge is -2.31. The molecule has 2 fully saturated rings. The summed E-state index contributed by atoms with van der Waals surface area (Å²) in [7, 11) is 0. The van der Waals surface area contributed by atoms with Crippen LogP contribution in [0.25, 0.3) is 0 Å². The van der Waals surface area contributed by atoms with Crippen molar-refractivity contribution in [3.05, 3.63) is 0 Å².